The molecule has 108 valence electrons. The van der Waals surface area contributed by atoms with Gasteiger partial charge in [-0.3, -0.25) is 0 Å². The van der Waals surface area contributed by atoms with Gasteiger partial charge in [0.1, 0.15) is 0 Å². The zero-order chi connectivity index (χ0) is 15.2. The molecular weight excluding hydrogens is 374 g/mol. The number of benzene rings is 2. The zero-order valence-electron chi connectivity index (χ0n) is 11.0. The van der Waals surface area contributed by atoms with Crippen LogP contribution in [0.5, 0.6) is 0 Å². The molecule has 0 aliphatic carbocycles. The van der Waals surface area contributed by atoms with Crippen LogP contribution in [0.2, 0.25) is 5.02 Å². The Balaban J connectivity index is 2.27. The summed E-state index contributed by atoms with van der Waals surface area (Å²) in [7, 11) is -3.64. The highest BCUT2D eigenvalue weighted by atomic mass is 79.9. The van der Waals surface area contributed by atoms with Gasteiger partial charge in [-0.1, -0.05) is 45.2 Å². The molecular formula is C15H11BrClNO2S. The smallest absolute Gasteiger partial charge is 0.241 e. The van der Waals surface area contributed by atoms with Crippen molar-refractivity contribution < 1.29 is 8.42 Å². The number of hydrogen-bond acceptors (Lipinski definition) is 2. The highest BCUT2D eigenvalue weighted by Gasteiger charge is 2.19. The zero-order valence-corrected chi connectivity index (χ0v) is 14.2. The first-order valence-electron chi connectivity index (χ1n) is 6.18. The number of hydrogen-bond donors (Lipinski definition) is 0. The molecule has 0 spiro atoms. The average molecular weight is 385 g/mol. The maximum absolute atomic E-state index is 12.7. The molecule has 1 aromatic heterocycles. The van der Waals surface area contributed by atoms with Crippen LogP contribution in [0.4, 0.5) is 0 Å². The minimum absolute atomic E-state index is 0.252. The van der Waals surface area contributed by atoms with Gasteiger partial charge in [-0.25, -0.2) is 12.4 Å². The topological polar surface area (TPSA) is 39.1 Å². The number of fused-ring (bicyclic) bond motifs is 1. The Kier molecular flexibility index (Phi) is 3.59. The Bertz CT molecular complexity index is 930. The largest absolute Gasteiger partial charge is 0.268 e. The number of nitrogens with zero attached hydrogens (tertiary/aromatic N) is 1. The molecule has 0 aliphatic rings. The quantitative estimate of drug-likeness (QED) is 0.647. The van der Waals surface area contributed by atoms with E-state index in [-0.39, 0.29) is 4.90 Å². The Morgan fingerprint density at radius 1 is 1.10 bits per heavy atom. The summed E-state index contributed by atoms with van der Waals surface area (Å²) >= 11 is 9.43. The molecule has 0 N–H and O–H groups in total. The van der Waals surface area contributed by atoms with E-state index in [0.717, 1.165) is 15.4 Å². The molecule has 3 nitrogen and oxygen atoms in total. The van der Waals surface area contributed by atoms with Crippen LogP contribution in [0.3, 0.4) is 0 Å². The van der Waals surface area contributed by atoms with Crippen LogP contribution >= 0.6 is 27.5 Å². The Morgan fingerprint density at radius 3 is 2.43 bits per heavy atom. The number of aryl methyl sites for hydroxylation is 1. The fourth-order valence-electron chi connectivity index (χ4n) is 2.17. The van der Waals surface area contributed by atoms with E-state index in [1.54, 1.807) is 48.7 Å². The molecule has 6 heteroatoms. The number of aromatic nitrogens is 1. The van der Waals surface area contributed by atoms with Crippen molar-refractivity contribution in [3.05, 3.63) is 63.7 Å². The van der Waals surface area contributed by atoms with Crippen LogP contribution in [0.25, 0.3) is 10.9 Å². The molecule has 0 unspecified atom stereocenters. The van der Waals surface area contributed by atoms with Gasteiger partial charge in [-0.05, 0) is 37.3 Å². The molecule has 0 fully saturated rings. The molecule has 3 rings (SSSR count). The van der Waals surface area contributed by atoms with Crippen molar-refractivity contribution in [3.8, 4) is 0 Å². The standard InChI is InChI=1S/C15H11BrClNO2S/c1-10-2-4-12(5-3-10)21(19,20)18-7-6-13-14(16)8-11(17)9-15(13)18/h2-9H,1H3. The summed E-state index contributed by atoms with van der Waals surface area (Å²) < 4.78 is 27.5. The lowest BCUT2D eigenvalue weighted by molar-refractivity contribution is 0.589. The van der Waals surface area contributed by atoms with Gasteiger partial charge >= 0.3 is 0 Å². The molecule has 0 bridgehead atoms. The summed E-state index contributed by atoms with van der Waals surface area (Å²) in [4.78, 5) is 0.252. The van der Waals surface area contributed by atoms with Crippen LogP contribution in [-0.2, 0) is 10.0 Å². The summed E-state index contributed by atoms with van der Waals surface area (Å²) in [6, 6.07) is 11.9. The van der Waals surface area contributed by atoms with Gasteiger partial charge in [0, 0.05) is 21.1 Å². The maximum Gasteiger partial charge on any atom is 0.268 e. The fraction of sp³-hybridized carbons (Fsp3) is 0.0667. The highest BCUT2D eigenvalue weighted by Crippen LogP contribution is 2.31. The van der Waals surface area contributed by atoms with Gasteiger partial charge in [0.05, 0.1) is 10.4 Å². The van der Waals surface area contributed by atoms with E-state index in [0.29, 0.717) is 10.5 Å². The van der Waals surface area contributed by atoms with Crippen LogP contribution in [0.15, 0.2) is 58.0 Å². The lowest BCUT2D eigenvalue weighted by Gasteiger charge is -2.08. The van der Waals surface area contributed by atoms with Gasteiger partial charge < -0.3 is 0 Å². The summed E-state index contributed by atoms with van der Waals surface area (Å²) in [5, 5.41) is 1.28. The Morgan fingerprint density at radius 2 is 1.76 bits per heavy atom. The van der Waals surface area contributed by atoms with Crippen molar-refractivity contribution in [2.45, 2.75) is 11.8 Å². The van der Waals surface area contributed by atoms with Crippen molar-refractivity contribution in [1.29, 1.82) is 0 Å². The van der Waals surface area contributed by atoms with Crippen LogP contribution in [0, 0.1) is 6.92 Å². The lowest BCUT2D eigenvalue weighted by atomic mass is 10.2. The highest BCUT2D eigenvalue weighted by molar-refractivity contribution is 9.10. The molecule has 2 aromatic carbocycles. The second-order valence-corrected chi connectivity index (χ2v) is 7.86. The Labute approximate surface area is 136 Å². The van der Waals surface area contributed by atoms with Crippen molar-refractivity contribution >= 4 is 48.5 Å². The van der Waals surface area contributed by atoms with E-state index in [2.05, 4.69) is 15.9 Å². The monoisotopic (exact) mass is 383 g/mol. The Hall–Kier alpha value is -1.30. The minimum Gasteiger partial charge on any atom is -0.241 e. The van der Waals surface area contributed by atoms with Gasteiger partial charge in [-0.15, -0.1) is 0 Å². The summed E-state index contributed by atoms with van der Waals surface area (Å²) in [5.74, 6) is 0. The van der Waals surface area contributed by atoms with E-state index >= 15 is 0 Å². The van der Waals surface area contributed by atoms with Crippen molar-refractivity contribution in [2.24, 2.45) is 0 Å². The molecule has 0 saturated heterocycles. The molecule has 0 amide bonds. The third kappa shape index (κ3) is 2.50. The molecule has 0 radical (unpaired) electrons. The van der Waals surface area contributed by atoms with Crippen molar-refractivity contribution in [3.63, 3.8) is 0 Å². The normalized spacial score (nSPS) is 12.0. The molecule has 0 aliphatic heterocycles. The first kappa shape index (κ1) is 14.6. The van der Waals surface area contributed by atoms with Crippen molar-refractivity contribution in [1.82, 2.24) is 3.97 Å². The van der Waals surface area contributed by atoms with E-state index in [1.807, 2.05) is 6.92 Å². The van der Waals surface area contributed by atoms with E-state index < -0.39 is 10.0 Å². The number of halogens is 2. The second-order valence-electron chi connectivity index (χ2n) is 4.75. The van der Waals surface area contributed by atoms with Crippen LogP contribution in [-0.4, -0.2) is 12.4 Å². The first-order valence-corrected chi connectivity index (χ1v) is 8.79. The second kappa shape index (κ2) is 5.16. The van der Waals surface area contributed by atoms with Crippen LogP contribution < -0.4 is 0 Å². The van der Waals surface area contributed by atoms with Gasteiger partial charge in [0.25, 0.3) is 10.0 Å². The summed E-state index contributed by atoms with van der Waals surface area (Å²) in [5.41, 5.74) is 1.56. The van der Waals surface area contributed by atoms with Gasteiger partial charge in [0.2, 0.25) is 0 Å². The third-order valence-corrected chi connectivity index (χ3v) is 5.84. The third-order valence-electron chi connectivity index (χ3n) is 3.26. The van der Waals surface area contributed by atoms with Crippen molar-refractivity contribution in [2.75, 3.05) is 0 Å². The molecule has 3 aromatic rings. The maximum atomic E-state index is 12.7. The van der Waals surface area contributed by atoms with Gasteiger partial charge in [0.15, 0.2) is 0 Å². The molecule has 0 saturated carbocycles. The molecule has 21 heavy (non-hydrogen) atoms. The lowest BCUT2D eigenvalue weighted by Crippen LogP contribution is -2.11. The number of rotatable bonds is 2. The van der Waals surface area contributed by atoms with E-state index in [9.17, 15) is 8.42 Å². The van der Waals surface area contributed by atoms with Crippen LogP contribution in [0.1, 0.15) is 5.56 Å². The molecule has 1 heterocycles. The van der Waals surface area contributed by atoms with Gasteiger partial charge in [-0.2, -0.15) is 0 Å². The fourth-order valence-corrected chi connectivity index (χ4v) is 4.44. The first-order chi connectivity index (χ1) is 9.89. The summed E-state index contributed by atoms with van der Waals surface area (Å²) in [6.45, 7) is 1.92. The predicted octanol–water partition coefficient (Wildman–Crippen LogP) is 4.60. The van der Waals surface area contributed by atoms with E-state index in [1.165, 1.54) is 3.97 Å². The molecule has 0 atom stereocenters. The summed E-state index contributed by atoms with van der Waals surface area (Å²) in [6.07, 6.45) is 1.54. The predicted molar refractivity (Wildman–Crippen MR) is 88.4 cm³/mol. The average Bonchev–Trinajstić information content (AvgIpc) is 2.83. The minimum atomic E-state index is -3.64. The van der Waals surface area contributed by atoms with E-state index in [4.69, 9.17) is 11.6 Å². The SMILES string of the molecule is Cc1ccc(S(=O)(=O)n2ccc3c(Br)cc(Cl)cc32)cc1.